The monoisotopic (exact) mass is 290 g/mol. The molecule has 0 aliphatic carbocycles. The molecule has 1 aliphatic rings. The third-order valence-electron chi connectivity index (χ3n) is 4.14. The highest BCUT2D eigenvalue weighted by molar-refractivity contribution is 5.56. The zero-order chi connectivity index (χ0) is 15.1. The van der Waals surface area contributed by atoms with Gasteiger partial charge in [-0.2, -0.15) is 0 Å². The summed E-state index contributed by atoms with van der Waals surface area (Å²) in [6.45, 7) is 11.5. The Morgan fingerprint density at radius 1 is 1.29 bits per heavy atom. The Balaban J connectivity index is 1.88. The number of ether oxygens (including phenoxy) is 1. The van der Waals surface area contributed by atoms with Gasteiger partial charge in [0, 0.05) is 31.4 Å². The summed E-state index contributed by atoms with van der Waals surface area (Å²) >= 11 is 0. The Morgan fingerprint density at radius 3 is 2.86 bits per heavy atom. The van der Waals surface area contributed by atoms with Crippen LogP contribution in [0.1, 0.15) is 45.2 Å². The van der Waals surface area contributed by atoms with Gasteiger partial charge < -0.3 is 15.0 Å². The summed E-state index contributed by atoms with van der Waals surface area (Å²) in [5, 5.41) is 3.59. The fourth-order valence-corrected chi connectivity index (χ4v) is 2.92. The van der Waals surface area contributed by atoms with E-state index in [0.717, 1.165) is 45.2 Å². The van der Waals surface area contributed by atoms with E-state index in [-0.39, 0.29) is 0 Å². The first-order valence-electron chi connectivity index (χ1n) is 8.37. The van der Waals surface area contributed by atoms with Crippen molar-refractivity contribution in [1.82, 2.24) is 5.32 Å². The second-order valence-electron chi connectivity index (χ2n) is 6.24. The van der Waals surface area contributed by atoms with Crippen LogP contribution >= 0.6 is 0 Å². The van der Waals surface area contributed by atoms with E-state index in [1.54, 1.807) is 0 Å². The van der Waals surface area contributed by atoms with Crippen molar-refractivity contribution in [3.63, 3.8) is 0 Å². The zero-order valence-electron chi connectivity index (χ0n) is 13.8. The van der Waals surface area contributed by atoms with Gasteiger partial charge in [-0.25, -0.2) is 0 Å². The van der Waals surface area contributed by atoms with Crippen molar-refractivity contribution in [3.8, 4) is 0 Å². The molecule has 0 saturated carbocycles. The van der Waals surface area contributed by atoms with Gasteiger partial charge in [0.05, 0.1) is 6.61 Å². The predicted octanol–water partition coefficient (Wildman–Crippen LogP) is 3.61. The van der Waals surface area contributed by atoms with Crippen LogP contribution in [0.5, 0.6) is 0 Å². The molecule has 0 radical (unpaired) electrons. The number of benzene rings is 1. The number of para-hydroxylation sites is 1. The molecule has 3 heteroatoms. The standard InChI is InChI=1S/C18H30N2O/c1-4-19-17-9-11-20(12-14-21-13-10-15(2)3)18-8-6-5-7-16(17)18/h5-8,15,17,19H,4,9-14H2,1-3H3. The molecule has 0 spiro atoms. The zero-order valence-corrected chi connectivity index (χ0v) is 13.8. The van der Waals surface area contributed by atoms with Crippen molar-refractivity contribution in [2.75, 3.05) is 37.7 Å². The minimum atomic E-state index is 0.504. The van der Waals surface area contributed by atoms with Crippen molar-refractivity contribution in [1.29, 1.82) is 0 Å². The molecule has 2 rings (SSSR count). The fraction of sp³-hybridized carbons (Fsp3) is 0.667. The Morgan fingerprint density at radius 2 is 2.10 bits per heavy atom. The van der Waals surface area contributed by atoms with Crippen molar-refractivity contribution < 1.29 is 4.74 Å². The van der Waals surface area contributed by atoms with Crippen LogP contribution in [0.15, 0.2) is 24.3 Å². The Hall–Kier alpha value is -1.06. The molecule has 1 atom stereocenters. The summed E-state index contributed by atoms with van der Waals surface area (Å²) in [7, 11) is 0. The third kappa shape index (κ3) is 4.72. The van der Waals surface area contributed by atoms with Crippen molar-refractivity contribution in [2.24, 2.45) is 5.92 Å². The highest BCUT2D eigenvalue weighted by atomic mass is 16.5. The van der Waals surface area contributed by atoms with Gasteiger partial charge in [-0.3, -0.25) is 0 Å². The van der Waals surface area contributed by atoms with Crippen LogP contribution in [0.4, 0.5) is 5.69 Å². The van der Waals surface area contributed by atoms with Crippen LogP contribution in [-0.2, 0) is 4.74 Å². The van der Waals surface area contributed by atoms with Crippen molar-refractivity contribution in [2.45, 2.75) is 39.7 Å². The highest BCUT2D eigenvalue weighted by Gasteiger charge is 2.23. The first-order chi connectivity index (χ1) is 10.2. The Kier molecular flexibility index (Phi) is 6.52. The van der Waals surface area contributed by atoms with Gasteiger partial charge in [0.25, 0.3) is 0 Å². The summed E-state index contributed by atoms with van der Waals surface area (Å²) in [6, 6.07) is 9.29. The maximum Gasteiger partial charge on any atom is 0.0641 e. The molecule has 1 aromatic carbocycles. The Labute approximate surface area is 129 Å². The highest BCUT2D eigenvalue weighted by Crippen LogP contribution is 2.33. The van der Waals surface area contributed by atoms with E-state index in [0.29, 0.717) is 6.04 Å². The van der Waals surface area contributed by atoms with Crippen LogP contribution in [0, 0.1) is 5.92 Å². The van der Waals surface area contributed by atoms with Crippen LogP contribution in [0.2, 0.25) is 0 Å². The number of anilines is 1. The molecule has 0 amide bonds. The SMILES string of the molecule is CCNC1CCN(CCOCCC(C)C)c2ccccc21. The van der Waals surface area contributed by atoms with Crippen molar-refractivity contribution >= 4 is 5.69 Å². The predicted molar refractivity (Wildman–Crippen MR) is 90.0 cm³/mol. The lowest BCUT2D eigenvalue weighted by molar-refractivity contribution is 0.128. The smallest absolute Gasteiger partial charge is 0.0641 e. The van der Waals surface area contributed by atoms with E-state index in [9.17, 15) is 0 Å². The van der Waals surface area contributed by atoms with Gasteiger partial charge in [-0.1, -0.05) is 39.0 Å². The summed E-state index contributed by atoms with van der Waals surface area (Å²) in [5.41, 5.74) is 2.81. The minimum absolute atomic E-state index is 0.504. The molecule has 0 saturated heterocycles. The molecular weight excluding hydrogens is 260 g/mol. The van der Waals surface area contributed by atoms with E-state index in [1.807, 2.05) is 0 Å². The fourth-order valence-electron chi connectivity index (χ4n) is 2.92. The normalized spacial score (nSPS) is 18.1. The van der Waals surface area contributed by atoms with Gasteiger partial charge in [-0.15, -0.1) is 0 Å². The minimum Gasteiger partial charge on any atom is -0.380 e. The maximum absolute atomic E-state index is 5.78. The molecule has 21 heavy (non-hydrogen) atoms. The number of nitrogens with zero attached hydrogens (tertiary/aromatic N) is 1. The lowest BCUT2D eigenvalue weighted by Crippen LogP contribution is -2.37. The topological polar surface area (TPSA) is 24.5 Å². The first kappa shape index (κ1) is 16.3. The number of hydrogen-bond acceptors (Lipinski definition) is 3. The second-order valence-corrected chi connectivity index (χ2v) is 6.24. The average Bonchev–Trinajstić information content (AvgIpc) is 2.48. The molecule has 0 aromatic heterocycles. The van der Waals surface area contributed by atoms with Gasteiger partial charge in [0.1, 0.15) is 0 Å². The summed E-state index contributed by atoms with van der Waals surface area (Å²) in [4.78, 5) is 2.47. The second kappa shape index (κ2) is 8.40. The quantitative estimate of drug-likeness (QED) is 0.740. The lowest BCUT2D eigenvalue weighted by Gasteiger charge is -2.36. The molecule has 1 aromatic rings. The third-order valence-corrected chi connectivity index (χ3v) is 4.14. The van der Waals surface area contributed by atoms with Crippen molar-refractivity contribution in [3.05, 3.63) is 29.8 Å². The number of fused-ring (bicyclic) bond motifs is 1. The summed E-state index contributed by atoms with van der Waals surface area (Å²) in [5.74, 6) is 0.724. The number of rotatable bonds is 8. The summed E-state index contributed by atoms with van der Waals surface area (Å²) < 4.78 is 5.78. The van der Waals surface area contributed by atoms with Gasteiger partial charge in [0.15, 0.2) is 0 Å². The molecule has 1 unspecified atom stereocenters. The molecular formula is C18H30N2O. The van der Waals surface area contributed by atoms with Gasteiger partial charge in [-0.05, 0) is 36.9 Å². The van der Waals surface area contributed by atoms with E-state index in [2.05, 4.69) is 55.3 Å². The van der Waals surface area contributed by atoms with Crippen LogP contribution in [0.25, 0.3) is 0 Å². The van der Waals surface area contributed by atoms with Gasteiger partial charge in [0.2, 0.25) is 0 Å². The van der Waals surface area contributed by atoms with E-state index < -0.39 is 0 Å². The Bertz CT molecular complexity index is 419. The number of hydrogen-bond donors (Lipinski definition) is 1. The first-order valence-corrected chi connectivity index (χ1v) is 8.37. The average molecular weight is 290 g/mol. The molecule has 1 N–H and O–H groups in total. The molecule has 0 bridgehead atoms. The summed E-state index contributed by atoms with van der Waals surface area (Å²) in [6.07, 6.45) is 2.33. The van der Waals surface area contributed by atoms with Crippen LogP contribution in [0.3, 0.4) is 0 Å². The van der Waals surface area contributed by atoms with Crippen LogP contribution in [-0.4, -0.2) is 32.8 Å². The molecule has 3 nitrogen and oxygen atoms in total. The van der Waals surface area contributed by atoms with Gasteiger partial charge >= 0.3 is 0 Å². The molecule has 1 heterocycles. The molecule has 118 valence electrons. The van der Waals surface area contributed by atoms with E-state index in [4.69, 9.17) is 4.74 Å². The maximum atomic E-state index is 5.78. The van der Waals surface area contributed by atoms with E-state index >= 15 is 0 Å². The molecule has 1 aliphatic heterocycles. The number of nitrogens with one attached hydrogen (secondary N) is 1. The van der Waals surface area contributed by atoms with E-state index in [1.165, 1.54) is 17.7 Å². The lowest BCUT2D eigenvalue weighted by atomic mass is 9.96. The largest absolute Gasteiger partial charge is 0.380 e. The molecule has 0 fully saturated rings. The van der Waals surface area contributed by atoms with Crippen LogP contribution < -0.4 is 10.2 Å².